The quantitative estimate of drug-likeness (QED) is 0.578. The number of aliphatic hydroxyl groups excluding tert-OH is 1. The Labute approximate surface area is 63.9 Å². The van der Waals surface area contributed by atoms with Gasteiger partial charge in [0.05, 0.1) is 0 Å². The van der Waals surface area contributed by atoms with Gasteiger partial charge in [0.25, 0.3) is 0 Å². The highest BCUT2D eigenvalue weighted by Crippen LogP contribution is 2.34. The first kappa shape index (κ1) is 6.49. The van der Waals surface area contributed by atoms with E-state index < -0.39 is 6.10 Å². The van der Waals surface area contributed by atoms with Crippen molar-refractivity contribution in [3.05, 3.63) is 23.8 Å². The van der Waals surface area contributed by atoms with Crippen LogP contribution in [0.2, 0.25) is 0 Å². The Balaban J connectivity index is 2.52. The maximum atomic E-state index is 9.27. The minimum absolute atomic E-state index is 0.160. The minimum atomic E-state index is -0.586. The largest absolute Gasteiger partial charge is 0.508 e. The number of fused-ring (bicyclic) bond motifs is 1. The lowest BCUT2D eigenvalue weighted by atomic mass is 10.1. The van der Waals surface area contributed by atoms with E-state index >= 15 is 0 Å². The summed E-state index contributed by atoms with van der Waals surface area (Å²) in [6.45, 7) is 0.290. The molecule has 0 spiro atoms. The van der Waals surface area contributed by atoms with Gasteiger partial charge in [0, 0.05) is 5.56 Å². The normalized spacial score (nSPS) is 21.0. The lowest BCUT2D eigenvalue weighted by molar-refractivity contribution is 0.140. The molecule has 11 heavy (non-hydrogen) atoms. The van der Waals surface area contributed by atoms with Crippen molar-refractivity contribution < 1.29 is 14.9 Å². The van der Waals surface area contributed by atoms with E-state index in [1.807, 2.05) is 0 Å². The lowest BCUT2D eigenvalue weighted by Crippen LogP contribution is -1.97. The van der Waals surface area contributed by atoms with E-state index in [2.05, 4.69) is 0 Å². The van der Waals surface area contributed by atoms with Crippen molar-refractivity contribution in [3.63, 3.8) is 0 Å². The second kappa shape index (κ2) is 2.13. The number of ether oxygens (including phenoxy) is 1. The Morgan fingerprint density at radius 3 is 3.09 bits per heavy atom. The molecule has 1 heterocycles. The molecule has 2 rings (SSSR count). The van der Waals surface area contributed by atoms with Crippen LogP contribution >= 0.6 is 0 Å². The summed E-state index contributed by atoms with van der Waals surface area (Å²) >= 11 is 0. The van der Waals surface area contributed by atoms with E-state index in [4.69, 9.17) is 9.84 Å². The third kappa shape index (κ3) is 0.935. The molecule has 1 atom stereocenters. The van der Waals surface area contributed by atoms with Crippen molar-refractivity contribution in [1.29, 1.82) is 0 Å². The fourth-order valence-electron chi connectivity index (χ4n) is 1.19. The summed E-state index contributed by atoms with van der Waals surface area (Å²) in [6.07, 6.45) is -0.586. The number of rotatable bonds is 0. The zero-order valence-electron chi connectivity index (χ0n) is 5.82. The first-order valence-corrected chi connectivity index (χ1v) is 3.41. The van der Waals surface area contributed by atoms with Crippen molar-refractivity contribution in [2.75, 3.05) is 6.61 Å². The maximum Gasteiger partial charge on any atom is 0.125 e. The second-order valence-electron chi connectivity index (χ2n) is 2.55. The van der Waals surface area contributed by atoms with Crippen LogP contribution in [-0.2, 0) is 0 Å². The molecule has 3 nitrogen and oxygen atoms in total. The van der Waals surface area contributed by atoms with E-state index in [0.29, 0.717) is 17.9 Å². The van der Waals surface area contributed by atoms with Gasteiger partial charge in [0.2, 0.25) is 0 Å². The third-order valence-electron chi connectivity index (χ3n) is 1.75. The first-order chi connectivity index (χ1) is 5.27. The summed E-state index contributed by atoms with van der Waals surface area (Å²) in [5.74, 6) is 0.823. The molecule has 58 valence electrons. The van der Waals surface area contributed by atoms with Gasteiger partial charge < -0.3 is 14.9 Å². The highest BCUT2D eigenvalue weighted by Gasteiger charge is 2.21. The number of phenols is 1. The predicted octanol–water partition coefficient (Wildman–Crippen LogP) is 0.818. The smallest absolute Gasteiger partial charge is 0.125 e. The van der Waals surface area contributed by atoms with E-state index in [1.54, 1.807) is 6.07 Å². The summed E-state index contributed by atoms with van der Waals surface area (Å²) in [6, 6.07) is 4.71. The maximum absolute atomic E-state index is 9.27. The van der Waals surface area contributed by atoms with Crippen LogP contribution in [0.15, 0.2) is 18.2 Å². The average Bonchev–Trinajstić information content (AvgIpc) is 2.33. The van der Waals surface area contributed by atoms with Crippen LogP contribution in [0.5, 0.6) is 11.5 Å². The van der Waals surface area contributed by atoms with E-state index in [9.17, 15) is 5.11 Å². The standard InChI is InChI=1S/C8H8O3/c9-5-1-2-8-6(3-5)7(10)4-11-8/h1-3,7,9-10H,4H2/t7-/m0/s1. The number of phenolic OH excluding ortho intramolecular Hbond substituents is 1. The van der Waals surface area contributed by atoms with Crippen LogP contribution in [0.25, 0.3) is 0 Å². The molecule has 1 aromatic rings. The molecule has 0 fully saturated rings. The van der Waals surface area contributed by atoms with Crippen LogP contribution in [0.3, 0.4) is 0 Å². The van der Waals surface area contributed by atoms with Gasteiger partial charge >= 0.3 is 0 Å². The van der Waals surface area contributed by atoms with Crippen molar-refractivity contribution >= 4 is 0 Å². The molecule has 0 saturated carbocycles. The zero-order valence-corrected chi connectivity index (χ0v) is 5.82. The highest BCUT2D eigenvalue weighted by atomic mass is 16.5. The number of hydrogen-bond donors (Lipinski definition) is 2. The summed E-state index contributed by atoms with van der Waals surface area (Å²) in [7, 11) is 0. The zero-order chi connectivity index (χ0) is 7.84. The first-order valence-electron chi connectivity index (χ1n) is 3.41. The molecular weight excluding hydrogens is 144 g/mol. The molecule has 0 radical (unpaired) electrons. The topological polar surface area (TPSA) is 49.7 Å². The van der Waals surface area contributed by atoms with Gasteiger partial charge in [0.15, 0.2) is 0 Å². The summed E-state index contributed by atoms with van der Waals surface area (Å²) in [4.78, 5) is 0. The Bertz CT molecular complexity index is 283. The third-order valence-corrected chi connectivity index (χ3v) is 1.75. The Morgan fingerprint density at radius 2 is 2.27 bits per heavy atom. The molecule has 0 aliphatic carbocycles. The van der Waals surface area contributed by atoms with E-state index in [0.717, 1.165) is 0 Å². The number of benzene rings is 1. The number of hydrogen-bond acceptors (Lipinski definition) is 3. The lowest BCUT2D eigenvalue weighted by Gasteiger charge is -1.98. The van der Waals surface area contributed by atoms with Crippen molar-refractivity contribution in [3.8, 4) is 11.5 Å². The van der Waals surface area contributed by atoms with E-state index in [-0.39, 0.29) is 5.75 Å². The van der Waals surface area contributed by atoms with Crippen molar-refractivity contribution in [2.24, 2.45) is 0 Å². The molecular formula is C8H8O3. The second-order valence-corrected chi connectivity index (χ2v) is 2.55. The van der Waals surface area contributed by atoms with Gasteiger partial charge in [0.1, 0.15) is 24.2 Å². The van der Waals surface area contributed by atoms with Crippen molar-refractivity contribution in [1.82, 2.24) is 0 Å². The van der Waals surface area contributed by atoms with Crippen LogP contribution in [0.1, 0.15) is 11.7 Å². The minimum Gasteiger partial charge on any atom is -0.508 e. The molecule has 1 aromatic carbocycles. The van der Waals surface area contributed by atoms with Gasteiger partial charge in [-0.3, -0.25) is 0 Å². The van der Waals surface area contributed by atoms with Crippen molar-refractivity contribution in [2.45, 2.75) is 6.10 Å². The SMILES string of the molecule is Oc1ccc2c(c1)[C@@H](O)CO2. The molecule has 1 aliphatic heterocycles. The molecule has 0 saturated heterocycles. The van der Waals surface area contributed by atoms with Gasteiger partial charge in [-0.25, -0.2) is 0 Å². The molecule has 1 aliphatic rings. The van der Waals surface area contributed by atoms with Crippen LogP contribution < -0.4 is 4.74 Å². The van der Waals surface area contributed by atoms with Gasteiger partial charge in [-0.15, -0.1) is 0 Å². The molecule has 0 aromatic heterocycles. The monoisotopic (exact) mass is 152 g/mol. The molecule has 0 amide bonds. The summed E-state index contributed by atoms with van der Waals surface area (Å²) in [5, 5.41) is 18.3. The van der Waals surface area contributed by atoms with Gasteiger partial charge in [-0.1, -0.05) is 0 Å². The molecule has 0 bridgehead atoms. The van der Waals surface area contributed by atoms with Gasteiger partial charge in [-0.05, 0) is 18.2 Å². The Kier molecular flexibility index (Phi) is 1.26. The molecule has 3 heteroatoms. The van der Waals surface area contributed by atoms with Crippen LogP contribution in [-0.4, -0.2) is 16.8 Å². The highest BCUT2D eigenvalue weighted by molar-refractivity contribution is 5.43. The predicted molar refractivity (Wildman–Crippen MR) is 38.6 cm³/mol. The Morgan fingerprint density at radius 1 is 1.45 bits per heavy atom. The number of aromatic hydroxyl groups is 1. The van der Waals surface area contributed by atoms with Gasteiger partial charge in [-0.2, -0.15) is 0 Å². The van der Waals surface area contributed by atoms with Crippen LogP contribution in [0.4, 0.5) is 0 Å². The van der Waals surface area contributed by atoms with E-state index in [1.165, 1.54) is 12.1 Å². The fraction of sp³-hybridized carbons (Fsp3) is 0.250. The summed E-state index contributed by atoms with van der Waals surface area (Å²) in [5.41, 5.74) is 0.671. The number of aliphatic hydroxyl groups is 1. The van der Waals surface area contributed by atoms with Crippen LogP contribution in [0, 0.1) is 0 Å². The molecule has 0 unspecified atom stereocenters. The fourth-order valence-corrected chi connectivity index (χ4v) is 1.19. The average molecular weight is 152 g/mol. The Hall–Kier alpha value is -1.22. The molecule has 2 N–H and O–H groups in total. The summed E-state index contributed by atoms with van der Waals surface area (Å²) < 4.78 is 5.10.